The molecule has 1 aliphatic carbocycles. The van der Waals surface area contributed by atoms with Crippen LogP contribution in [0.25, 0.3) is 0 Å². The standard InChI is InChI=1S/C17H18O3/c1-19-17-5-3-2-4-13(17)11-20-14-7-8-15-12(10-14)6-9-16(15)18/h2-5,7-8,10,16,18H,6,9,11H2,1H3/t16-/m0/s1. The Labute approximate surface area is 118 Å². The summed E-state index contributed by atoms with van der Waals surface area (Å²) in [6, 6.07) is 13.8. The van der Waals surface area contributed by atoms with Crippen LogP contribution in [-0.4, -0.2) is 12.2 Å². The van der Waals surface area contributed by atoms with E-state index in [9.17, 15) is 5.11 Å². The van der Waals surface area contributed by atoms with Crippen LogP contribution in [0.1, 0.15) is 29.2 Å². The second-order valence-electron chi connectivity index (χ2n) is 5.02. The maximum Gasteiger partial charge on any atom is 0.125 e. The number of para-hydroxylation sites is 1. The summed E-state index contributed by atoms with van der Waals surface area (Å²) in [5, 5.41) is 9.79. The molecule has 3 nitrogen and oxygen atoms in total. The number of aliphatic hydroxyl groups excluding tert-OH is 1. The smallest absolute Gasteiger partial charge is 0.125 e. The van der Waals surface area contributed by atoms with Crippen molar-refractivity contribution in [3.05, 3.63) is 59.2 Å². The number of hydrogen-bond donors (Lipinski definition) is 1. The van der Waals surface area contributed by atoms with E-state index in [2.05, 4.69) is 0 Å². The zero-order chi connectivity index (χ0) is 13.9. The van der Waals surface area contributed by atoms with E-state index in [-0.39, 0.29) is 6.10 Å². The Morgan fingerprint density at radius 3 is 2.90 bits per heavy atom. The first-order valence-corrected chi connectivity index (χ1v) is 6.83. The monoisotopic (exact) mass is 270 g/mol. The van der Waals surface area contributed by atoms with E-state index in [4.69, 9.17) is 9.47 Å². The molecule has 0 bridgehead atoms. The van der Waals surface area contributed by atoms with Gasteiger partial charge < -0.3 is 14.6 Å². The molecule has 0 saturated heterocycles. The number of hydrogen-bond acceptors (Lipinski definition) is 3. The lowest BCUT2D eigenvalue weighted by molar-refractivity contribution is 0.180. The van der Waals surface area contributed by atoms with Crippen molar-refractivity contribution in [2.24, 2.45) is 0 Å². The van der Waals surface area contributed by atoms with Gasteiger partial charge in [0.1, 0.15) is 18.1 Å². The first kappa shape index (κ1) is 13.0. The van der Waals surface area contributed by atoms with Gasteiger partial charge in [-0.25, -0.2) is 0 Å². The van der Waals surface area contributed by atoms with Crippen LogP contribution in [-0.2, 0) is 13.0 Å². The Balaban J connectivity index is 1.73. The van der Waals surface area contributed by atoms with Gasteiger partial charge >= 0.3 is 0 Å². The average Bonchev–Trinajstić information content (AvgIpc) is 2.86. The largest absolute Gasteiger partial charge is 0.496 e. The predicted octanol–water partition coefficient (Wildman–Crippen LogP) is 3.25. The van der Waals surface area contributed by atoms with Crippen LogP contribution in [0.3, 0.4) is 0 Å². The highest BCUT2D eigenvalue weighted by Crippen LogP contribution is 2.33. The molecule has 3 rings (SSSR count). The number of rotatable bonds is 4. The number of aliphatic hydroxyl groups is 1. The van der Waals surface area contributed by atoms with E-state index in [0.717, 1.165) is 35.5 Å². The third-order valence-electron chi connectivity index (χ3n) is 3.75. The summed E-state index contributed by atoms with van der Waals surface area (Å²) in [5.74, 6) is 1.67. The topological polar surface area (TPSA) is 38.7 Å². The summed E-state index contributed by atoms with van der Waals surface area (Å²) in [7, 11) is 1.66. The van der Waals surface area contributed by atoms with Crippen molar-refractivity contribution in [1.29, 1.82) is 0 Å². The highest BCUT2D eigenvalue weighted by atomic mass is 16.5. The van der Waals surface area contributed by atoms with Gasteiger partial charge in [-0.1, -0.05) is 24.3 Å². The molecule has 20 heavy (non-hydrogen) atoms. The van der Waals surface area contributed by atoms with Crippen molar-refractivity contribution in [2.75, 3.05) is 7.11 Å². The van der Waals surface area contributed by atoms with Gasteiger partial charge in [-0.15, -0.1) is 0 Å². The minimum atomic E-state index is -0.312. The molecule has 1 atom stereocenters. The molecule has 0 radical (unpaired) electrons. The van der Waals surface area contributed by atoms with Gasteiger partial charge in [0.25, 0.3) is 0 Å². The molecule has 2 aromatic carbocycles. The van der Waals surface area contributed by atoms with Gasteiger partial charge in [0.05, 0.1) is 13.2 Å². The van der Waals surface area contributed by atoms with E-state index < -0.39 is 0 Å². The van der Waals surface area contributed by atoms with Crippen molar-refractivity contribution in [1.82, 2.24) is 0 Å². The summed E-state index contributed by atoms with van der Waals surface area (Å²) in [6.07, 6.45) is 1.42. The lowest BCUT2D eigenvalue weighted by atomic mass is 10.1. The minimum absolute atomic E-state index is 0.312. The molecule has 0 fully saturated rings. The van der Waals surface area contributed by atoms with E-state index in [1.54, 1.807) is 7.11 Å². The van der Waals surface area contributed by atoms with Gasteiger partial charge in [-0.05, 0) is 42.2 Å². The summed E-state index contributed by atoms with van der Waals surface area (Å²) < 4.78 is 11.1. The van der Waals surface area contributed by atoms with Crippen molar-refractivity contribution in [2.45, 2.75) is 25.6 Å². The summed E-state index contributed by atoms with van der Waals surface area (Å²) >= 11 is 0. The van der Waals surface area contributed by atoms with Crippen LogP contribution in [0, 0.1) is 0 Å². The Kier molecular flexibility index (Phi) is 3.61. The van der Waals surface area contributed by atoms with E-state index >= 15 is 0 Å². The number of methoxy groups -OCH3 is 1. The van der Waals surface area contributed by atoms with Crippen molar-refractivity contribution < 1.29 is 14.6 Å². The number of ether oxygens (including phenoxy) is 2. The van der Waals surface area contributed by atoms with Crippen LogP contribution < -0.4 is 9.47 Å². The van der Waals surface area contributed by atoms with Gasteiger partial charge in [0.2, 0.25) is 0 Å². The van der Waals surface area contributed by atoms with Crippen LogP contribution in [0.15, 0.2) is 42.5 Å². The molecule has 0 aliphatic heterocycles. The lowest BCUT2D eigenvalue weighted by Gasteiger charge is -2.11. The van der Waals surface area contributed by atoms with E-state index in [1.165, 1.54) is 5.56 Å². The van der Waals surface area contributed by atoms with Gasteiger partial charge in [0, 0.05) is 5.56 Å². The van der Waals surface area contributed by atoms with Crippen molar-refractivity contribution in [3.63, 3.8) is 0 Å². The van der Waals surface area contributed by atoms with Gasteiger partial charge in [-0.2, -0.15) is 0 Å². The second kappa shape index (κ2) is 5.55. The minimum Gasteiger partial charge on any atom is -0.496 e. The zero-order valence-corrected chi connectivity index (χ0v) is 11.5. The van der Waals surface area contributed by atoms with Crippen molar-refractivity contribution in [3.8, 4) is 11.5 Å². The zero-order valence-electron chi connectivity index (χ0n) is 11.5. The Morgan fingerprint density at radius 2 is 2.05 bits per heavy atom. The fourth-order valence-corrected chi connectivity index (χ4v) is 2.64. The fourth-order valence-electron chi connectivity index (χ4n) is 2.64. The fraction of sp³-hybridized carbons (Fsp3) is 0.294. The van der Waals surface area contributed by atoms with Crippen LogP contribution in [0.2, 0.25) is 0 Å². The van der Waals surface area contributed by atoms with Crippen LogP contribution in [0.5, 0.6) is 11.5 Å². The molecule has 104 valence electrons. The normalized spacial score (nSPS) is 16.8. The summed E-state index contributed by atoms with van der Waals surface area (Å²) in [4.78, 5) is 0. The molecule has 0 aromatic heterocycles. The average molecular weight is 270 g/mol. The van der Waals surface area contributed by atoms with Crippen LogP contribution in [0.4, 0.5) is 0 Å². The van der Waals surface area contributed by atoms with Crippen LogP contribution >= 0.6 is 0 Å². The molecule has 2 aromatic rings. The SMILES string of the molecule is COc1ccccc1COc1ccc2c(c1)CC[C@@H]2O. The molecule has 0 amide bonds. The Bertz CT molecular complexity index is 607. The number of aryl methyl sites for hydroxylation is 1. The number of fused-ring (bicyclic) bond motifs is 1. The maximum atomic E-state index is 9.79. The van der Waals surface area contributed by atoms with E-state index in [0.29, 0.717) is 6.61 Å². The van der Waals surface area contributed by atoms with Crippen molar-refractivity contribution >= 4 is 0 Å². The van der Waals surface area contributed by atoms with Gasteiger partial charge in [0.15, 0.2) is 0 Å². The Hall–Kier alpha value is -2.00. The lowest BCUT2D eigenvalue weighted by Crippen LogP contribution is -1.99. The molecule has 1 aliphatic rings. The molecular formula is C17H18O3. The van der Waals surface area contributed by atoms with E-state index in [1.807, 2.05) is 42.5 Å². The molecule has 3 heteroatoms. The maximum absolute atomic E-state index is 9.79. The quantitative estimate of drug-likeness (QED) is 0.926. The predicted molar refractivity (Wildman–Crippen MR) is 77.0 cm³/mol. The molecule has 0 unspecified atom stereocenters. The number of benzene rings is 2. The highest BCUT2D eigenvalue weighted by molar-refractivity contribution is 5.40. The first-order chi connectivity index (χ1) is 9.78. The molecule has 0 spiro atoms. The first-order valence-electron chi connectivity index (χ1n) is 6.83. The third-order valence-corrected chi connectivity index (χ3v) is 3.75. The van der Waals surface area contributed by atoms with Gasteiger partial charge in [-0.3, -0.25) is 0 Å². The summed E-state index contributed by atoms with van der Waals surface area (Å²) in [6.45, 7) is 0.478. The molecule has 0 heterocycles. The molecular weight excluding hydrogens is 252 g/mol. The molecule has 1 N–H and O–H groups in total. The Morgan fingerprint density at radius 1 is 1.20 bits per heavy atom. The second-order valence-corrected chi connectivity index (χ2v) is 5.02. The highest BCUT2D eigenvalue weighted by Gasteiger charge is 2.20. The third kappa shape index (κ3) is 2.49. The molecule has 0 saturated carbocycles. The summed E-state index contributed by atoms with van der Waals surface area (Å²) in [5.41, 5.74) is 3.25.